The van der Waals surface area contributed by atoms with Crippen LogP contribution < -0.4 is 0 Å². The monoisotopic (exact) mass is 256 g/mol. The fourth-order valence-corrected chi connectivity index (χ4v) is 12.0. The molecule has 80 valence electrons. The van der Waals surface area contributed by atoms with Crippen LogP contribution in [0.4, 0.5) is 24.6 Å². The largest absolute Gasteiger partial charge is 0.430 e. The summed E-state index contributed by atoms with van der Waals surface area (Å²) >= 11 is 0. The molecule has 0 spiro atoms. The summed E-state index contributed by atoms with van der Waals surface area (Å²) in [4.78, 5) is -2.85. The average molecular weight is 256 g/mol. The minimum absolute atomic E-state index is 0.270. The lowest BCUT2D eigenvalue weighted by atomic mass is 11.8. The molecule has 0 aromatic rings. The predicted octanol–water partition coefficient (Wildman–Crippen LogP) is 3.47. The Kier molecular flexibility index (Phi) is 3.48. The van der Waals surface area contributed by atoms with Crippen LogP contribution >= 0.6 is 0 Å². The van der Waals surface area contributed by atoms with Crippen molar-refractivity contribution in [3.63, 3.8) is 0 Å². The molecule has 0 aliphatic rings. The Morgan fingerprint density at radius 1 is 0.615 bits per heavy atom. The zero-order valence-electron chi connectivity index (χ0n) is 7.35. The zero-order chi connectivity index (χ0) is 11.1. The first-order valence-electron chi connectivity index (χ1n) is 3.50. The third kappa shape index (κ3) is 3.85. The Balaban J connectivity index is 5.02. The molecule has 0 atom stereocenters. The van der Waals surface area contributed by atoms with E-state index in [4.69, 9.17) is 0 Å². The highest BCUT2D eigenvalue weighted by molar-refractivity contribution is 7.02. The standard InChI is InChI=1S/C4H10F6Si3/c1-11(5,6)4(12(2,7)8)13(3,9)10/h4H,1-3H3. The van der Waals surface area contributed by atoms with Crippen LogP contribution in [0.3, 0.4) is 0 Å². The van der Waals surface area contributed by atoms with E-state index in [0.717, 1.165) is 0 Å². The fourth-order valence-electron chi connectivity index (χ4n) is 1.34. The molecule has 0 radical (unpaired) electrons. The van der Waals surface area contributed by atoms with Gasteiger partial charge in [0.15, 0.2) is 0 Å². The molecule has 0 saturated carbocycles. The van der Waals surface area contributed by atoms with Gasteiger partial charge in [0, 0.05) is 0 Å². The Hall–Kier alpha value is 0.231. The molecule has 0 nitrogen and oxygen atoms in total. The van der Waals surface area contributed by atoms with Crippen LogP contribution in [0.15, 0.2) is 0 Å². The SMILES string of the molecule is C[Si](F)(F)C([Si](C)(F)F)[Si](C)(F)F. The first kappa shape index (κ1) is 13.2. The molecular weight excluding hydrogens is 246 g/mol. The molecule has 0 fully saturated rings. The van der Waals surface area contributed by atoms with Crippen molar-refractivity contribution in [2.45, 2.75) is 24.4 Å². The molecule has 0 aliphatic carbocycles. The maximum atomic E-state index is 12.6. The van der Waals surface area contributed by atoms with Crippen molar-refractivity contribution in [1.29, 1.82) is 0 Å². The van der Waals surface area contributed by atoms with Gasteiger partial charge in [-0.2, -0.15) is 0 Å². The first-order chi connectivity index (χ1) is 5.37. The van der Waals surface area contributed by atoms with Crippen molar-refractivity contribution in [1.82, 2.24) is 0 Å². The van der Waals surface area contributed by atoms with Crippen LogP contribution in [0.1, 0.15) is 0 Å². The summed E-state index contributed by atoms with van der Waals surface area (Å²) in [7, 11) is -16.3. The third-order valence-electron chi connectivity index (χ3n) is 1.52. The number of hydrogen-bond donors (Lipinski definition) is 0. The van der Waals surface area contributed by atoms with Gasteiger partial charge in [-0.15, -0.1) is 0 Å². The highest BCUT2D eigenvalue weighted by atomic mass is 28.5. The zero-order valence-corrected chi connectivity index (χ0v) is 10.3. The van der Waals surface area contributed by atoms with E-state index in [9.17, 15) is 24.6 Å². The molecule has 0 saturated heterocycles. The van der Waals surface area contributed by atoms with E-state index in [0.29, 0.717) is 0 Å². The maximum absolute atomic E-state index is 12.6. The highest BCUT2D eigenvalue weighted by Crippen LogP contribution is 2.43. The van der Waals surface area contributed by atoms with Crippen molar-refractivity contribution < 1.29 is 24.6 Å². The molecule has 0 heterocycles. The lowest BCUT2D eigenvalue weighted by Gasteiger charge is -2.27. The summed E-state index contributed by atoms with van der Waals surface area (Å²) in [6.07, 6.45) is 0. The molecule has 0 N–H and O–H groups in total. The Morgan fingerprint density at radius 3 is 0.769 bits per heavy atom. The lowest BCUT2D eigenvalue weighted by Crippen LogP contribution is -2.52. The Labute approximate surface area is 76.0 Å². The van der Waals surface area contributed by atoms with Crippen molar-refractivity contribution in [3.8, 4) is 0 Å². The van der Waals surface area contributed by atoms with Crippen LogP contribution in [-0.4, -0.2) is 26.2 Å². The van der Waals surface area contributed by atoms with Gasteiger partial charge in [0.2, 0.25) is 0 Å². The van der Waals surface area contributed by atoms with Gasteiger partial charge in [-0.25, -0.2) is 0 Å². The van der Waals surface area contributed by atoms with Crippen LogP contribution in [0.2, 0.25) is 24.4 Å². The second-order valence-electron chi connectivity index (χ2n) is 3.30. The summed E-state index contributed by atoms with van der Waals surface area (Å²) < 4.78 is 75.8. The van der Waals surface area contributed by atoms with E-state index in [-0.39, 0.29) is 19.6 Å². The van der Waals surface area contributed by atoms with Crippen molar-refractivity contribution in [2.75, 3.05) is 0 Å². The minimum atomic E-state index is -5.43. The molecule has 0 aliphatic heterocycles. The van der Waals surface area contributed by atoms with Crippen LogP contribution in [-0.2, 0) is 0 Å². The smallest absolute Gasteiger partial charge is 0.271 e. The van der Waals surface area contributed by atoms with E-state index >= 15 is 0 Å². The molecule has 0 rings (SSSR count). The van der Waals surface area contributed by atoms with Gasteiger partial charge in [0.05, 0.1) is 0 Å². The van der Waals surface area contributed by atoms with Gasteiger partial charge < -0.3 is 0 Å². The molecular formula is C4H10F6Si3. The summed E-state index contributed by atoms with van der Waals surface area (Å²) in [5, 5.41) is 0. The second-order valence-corrected chi connectivity index (χ2v) is 12.5. The first-order valence-corrected chi connectivity index (χ1v) is 10.5. The van der Waals surface area contributed by atoms with Gasteiger partial charge in [0.1, 0.15) is 4.79 Å². The van der Waals surface area contributed by atoms with E-state index in [2.05, 4.69) is 0 Å². The maximum Gasteiger partial charge on any atom is 0.430 e. The Bertz CT molecular complexity index is 143. The normalized spacial score (nSPS) is 15.2. The molecule has 0 aromatic carbocycles. The third-order valence-corrected chi connectivity index (χ3v) is 13.7. The topological polar surface area (TPSA) is 0 Å². The number of halogens is 6. The number of hydrogen-bond acceptors (Lipinski definition) is 0. The lowest BCUT2D eigenvalue weighted by molar-refractivity contribution is 0.524. The molecule has 0 unspecified atom stereocenters. The fraction of sp³-hybridized carbons (Fsp3) is 1.00. The molecule has 0 bridgehead atoms. The van der Waals surface area contributed by atoms with E-state index in [1.54, 1.807) is 0 Å². The summed E-state index contributed by atoms with van der Waals surface area (Å²) in [6, 6.07) is 0. The quantitative estimate of drug-likeness (QED) is 0.412. The Morgan fingerprint density at radius 2 is 0.769 bits per heavy atom. The summed E-state index contributed by atoms with van der Waals surface area (Å²) in [5.41, 5.74) is 0. The number of rotatable bonds is 3. The highest BCUT2D eigenvalue weighted by Gasteiger charge is 2.67. The van der Waals surface area contributed by atoms with E-state index < -0.39 is 31.0 Å². The predicted molar refractivity (Wildman–Crippen MR) is 45.3 cm³/mol. The molecule has 9 heteroatoms. The van der Waals surface area contributed by atoms with Gasteiger partial charge in [0.25, 0.3) is 0 Å². The van der Waals surface area contributed by atoms with Crippen molar-refractivity contribution in [3.05, 3.63) is 0 Å². The van der Waals surface area contributed by atoms with Gasteiger partial charge in [-0.1, -0.05) is 0 Å². The van der Waals surface area contributed by atoms with Gasteiger partial charge >= 0.3 is 26.2 Å². The van der Waals surface area contributed by atoms with Gasteiger partial charge in [-0.05, 0) is 19.6 Å². The average Bonchev–Trinajstić information content (AvgIpc) is 1.44. The van der Waals surface area contributed by atoms with Crippen molar-refractivity contribution in [2.24, 2.45) is 0 Å². The van der Waals surface area contributed by atoms with Crippen LogP contribution in [0, 0.1) is 0 Å². The van der Waals surface area contributed by atoms with Crippen LogP contribution in [0.5, 0.6) is 0 Å². The van der Waals surface area contributed by atoms with E-state index in [1.165, 1.54) is 0 Å². The summed E-state index contributed by atoms with van der Waals surface area (Å²) in [6.45, 7) is 0.811. The van der Waals surface area contributed by atoms with Crippen molar-refractivity contribution >= 4 is 26.2 Å². The second kappa shape index (κ2) is 3.42. The molecule has 0 aromatic heterocycles. The van der Waals surface area contributed by atoms with Gasteiger partial charge in [-0.3, -0.25) is 24.6 Å². The molecule has 0 amide bonds. The van der Waals surface area contributed by atoms with E-state index in [1.807, 2.05) is 0 Å². The molecule has 13 heavy (non-hydrogen) atoms. The summed E-state index contributed by atoms with van der Waals surface area (Å²) in [5.74, 6) is 0. The van der Waals surface area contributed by atoms with Crippen LogP contribution in [0.25, 0.3) is 0 Å². The minimum Gasteiger partial charge on any atom is -0.271 e.